The molecular weight excluding hydrogens is 596 g/mol. The van der Waals surface area contributed by atoms with Crippen LogP contribution in [0.2, 0.25) is 0 Å². The van der Waals surface area contributed by atoms with Gasteiger partial charge in [0, 0.05) is 13.0 Å². The fourth-order valence-corrected chi connectivity index (χ4v) is 6.03. The molecule has 1 amide bonds. The lowest BCUT2D eigenvalue weighted by Crippen LogP contribution is -2.50. The van der Waals surface area contributed by atoms with Gasteiger partial charge in [0.2, 0.25) is 11.5 Å². The fraction of sp³-hybridized carbons (Fsp3) is 0.895. The van der Waals surface area contributed by atoms with Gasteiger partial charge in [-0.15, -0.1) is 0 Å². The van der Waals surface area contributed by atoms with Crippen molar-refractivity contribution in [1.29, 1.82) is 0 Å². The molecule has 0 radical (unpaired) electrons. The van der Waals surface area contributed by atoms with Crippen LogP contribution in [-0.4, -0.2) is 73.7 Å². The summed E-state index contributed by atoms with van der Waals surface area (Å²) in [6, 6.07) is 0. The summed E-state index contributed by atoms with van der Waals surface area (Å²) in [4.78, 5) is 55.7. The molecule has 47 heavy (non-hydrogen) atoms. The maximum atomic E-state index is 13.7. The number of amides is 1. The Kier molecular flexibility index (Phi) is 26.3. The van der Waals surface area contributed by atoms with Crippen LogP contribution in [0.3, 0.4) is 0 Å². The summed E-state index contributed by atoms with van der Waals surface area (Å²) in [6.07, 6.45) is 20.8. The predicted octanol–water partition coefficient (Wildman–Crippen LogP) is 8.21. The summed E-state index contributed by atoms with van der Waals surface area (Å²) in [7, 11) is 0. The highest BCUT2D eigenvalue weighted by Crippen LogP contribution is 2.26. The van der Waals surface area contributed by atoms with Crippen LogP contribution in [0.5, 0.6) is 0 Å². The predicted molar refractivity (Wildman–Crippen MR) is 188 cm³/mol. The van der Waals surface area contributed by atoms with Gasteiger partial charge < -0.3 is 24.4 Å². The molecule has 9 nitrogen and oxygen atoms in total. The number of ether oxygens (including phenoxy) is 3. The molecule has 1 heterocycles. The maximum Gasteiger partial charge on any atom is 0.351 e. The summed E-state index contributed by atoms with van der Waals surface area (Å²) in [6.45, 7) is 10.1. The minimum Gasteiger partial charge on any atom is -0.466 e. The average Bonchev–Trinajstić information content (AvgIpc) is 3.57. The fourth-order valence-electron chi connectivity index (χ4n) is 6.03. The number of likely N-dealkylation sites (tertiary alicyclic amines) is 1. The van der Waals surface area contributed by atoms with E-state index in [0.717, 1.165) is 110 Å². The number of hydrogen-bond donors (Lipinski definition) is 1. The van der Waals surface area contributed by atoms with E-state index in [0.29, 0.717) is 19.4 Å². The number of unbranched alkanes of at least 4 members (excludes halogenated alkanes) is 15. The Labute approximate surface area is 287 Å². The van der Waals surface area contributed by atoms with Crippen molar-refractivity contribution in [2.24, 2.45) is 0 Å². The summed E-state index contributed by atoms with van der Waals surface area (Å²) in [5, 5.41) is 2.89. The van der Waals surface area contributed by atoms with E-state index in [2.05, 4.69) is 31.0 Å². The Morgan fingerprint density at radius 3 is 1.68 bits per heavy atom. The lowest BCUT2D eigenvalue weighted by atomic mass is 9.94. The number of nitrogens with zero attached hydrogens (tertiary/aromatic N) is 1. The number of rotatable bonds is 31. The molecule has 0 aromatic heterocycles. The number of carbonyl (C=O) groups is 4. The summed E-state index contributed by atoms with van der Waals surface area (Å²) in [5.41, 5.74) is -2.06. The zero-order chi connectivity index (χ0) is 34.4. The van der Waals surface area contributed by atoms with Crippen molar-refractivity contribution in [3.63, 3.8) is 0 Å². The van der Waals surface area contributed by atoms with Gasteiger partial charge in [-0.1, -0.05) is 117 Å². The van der Waals surface area contributed by atoms with Gasteiger partial charge in [-0.05, 0) is 58.2 Å². The minimum atomic E-state index is -2.06. The number of nitrogens with one attached hydrogen (secondary N) is 1. The Morgan fingerprint density at radius 1 is 0.596 bits per heavy atom. The highest BCUT2D eigenvalue weighted by Gasteiger charge is 2.48. The molecule has 1 aliphatic heterocycles. The second-order valence-corrected chi connectivity index (χ2v) is 13.5. The Balaban J connectivity index is 2.94. The van der Waals surface area contributed by atoms with Crippen LogP contribution in [0.1, 0.15) is 175 Å². The maximum absolute atomic E-state index is 13.7. The van der Waals surface area contributed by atoms with Crippen LogP contribution >= 0.6 is 0 Å². The topological polar surface area (TPSA) is 111 Å². The van der Waals surface area contributed by atoms with Gasteiger partial charge in [0.05, 0.1) is 26.1 Å². The zero-order valence-electron chi connectivity index (χ0n) is 30.5. The molecule has 274 valence electrons. The van der Waals surface area contributed by atoms with Crippen LogP contribution in [0.15, 0.2) is 0 Å². The van der Waals surface area contributed by atoms with E-state index in [1.165, 1.54) is 32.1 Å². The molecule has 1 rings (SSSR count). The van der Waals surface area contributed by atoms with Gasteiger partial charge in [-0.25, -0.2) is 4.79 Å². The standard InChI is InChI=1S/C38H70N2O7/c1-4-7-10-13-16-19-26-39-34(41)32-38(37(44)46-31-23-18-15-12-9-6-3,33-36(43)45-30-22-17-14-11-8-5-2)47-35(42)25-24-29-40-27-20-21-28-40/h4-33H2,1-3H3,(H,39,41). The summed E-state index contributed by atoms with van der Waals surface area (Å²) in [5.74, 6) is -2.55. The Hall–Kier alpha value is -2.16. The number of hydrogen-bond acceptors (Lipinski definition) is 8. The van der Waals surface area contributed by atoms with Crippen molar-refractivity contribution in [2.45, 2.75) is 180 Å². The van der Waals surface area contributed by atoms with Gasteiger partial charge in [0.1, 0.15) is 0 Å². The first-order valence-electron chi connectivity index (χ1n) is 19.4. The first kappa shape index (κ1) is 42.9. The SMILES string of the molecule is CCCCCCCCNC(=O)CC(CC(=O)OCCCCCCCC)(OC(=O)CCCN1CCCC1)C(=O)OCCCCCCCC. The van der Waals surface area contributed by atoms with E-state index in [1.54, 1.807) is 0 Å². The van der Waals surface area contributed by atoms with E-state index < -0.39 is 42.3 Å². The van der Waals surface area contributed by atoms with Crippen molar-refractivity contribution in [3.8, 4) is 0 Å². The summed E-state index contributed by atoms with van der Waals surface area (Å²) < 4.78 is 17.0. The molecule has 0 saturated carbocycles. The molecule has 0 aromatic carbocycles. The number of carbonyl (C=O) groups excluding carboxylic acids is 4. The van der Waals surface area contributed by atoms with Gasteiger partial charge in [-0.3, -0.25) is 14.4 Å². The van der Waals surface area contributed by atoms with Crippen molar-refractivity contribution in [3.05, 3.63) is 0 Å². The van der Waals surface area contributed by atoms with Gasteiger partial charge in [0.15, 0.2) is 0 Å². The normalized spacial score (nSPS) is 14.4. The highest BCUT2D eigenvalue weighted by atomic mass is 16.6. The molecular formula is C38H70N2O7. The first-order valence-corrected chi connectivity index (χ1v) is 19.4. The molecule has 1 saturated heterocycles. The molecule has 1 unspecified atom stereocenters. The molecule has 1 N–H and O–H groups in total. The van der Waals surface area contributed by atoms with E-state index in [1.807, 2.05) is 0 Å². The second-order valence-electron chi connectivity index (χ2n) is 13.5. The Bertz CT molecular complexity index is 797. The molecule has 9 heteroatoms. The van der Waals surface area contributed by atoms with Gasteiger partial charge >= 0.3 is 17.9 Å². The third kappa shape index (κ3) is 22.2. The highest BCUT2D eigenvalue weighted by molar-refractivity contribution is 5.93. The van der Waals surface area contributed by atoms with Crippen LogP contribution < -0.4 is 5.32 Å². The smallest absolute Gasteiger partial charge is 0.351 e. The van der Waals surface area contributed by atoms with Crippen LogP contribution in [0.4, 0.5) is 0 Å². The lowest BCUT2D eigenvalue weighted by Gasteiger charge is -2.30. The third-order valence-corrected chi connectivity index (χ3v) is 8.96. The Morgan fingerprint density at radius 2 is 1.11 bits per heavy atom. The molecule has 0 aliphatic carbocycles. The molecule has 0 aromatic rings. The molecule has 0 spiro atoms. The van der Waals surface area contributed by atoms with Crippen LogP contribution in [0.25, 0.3) is 0 Å². The second kappa shape index (κ2) is 28.8. The van der Waals surface area contributed by atoms with Crippen molar-refractivity contribution in [1.82, 2.24) is 10.2 Å². The van der Waals surface area contributed by atoms with Gasteiger partial charge in [0.25, 0.3) is 0 Å². The minimum absolute atomic E-state index is 0.0924. The quantitative estimate of drug-likeness (QED) is 0.0448. The molecule has 1 fully saturated rings. The largest absolute Gasteiger partial charge is 0.466 e. The molecule has 1 atom stereocenters. The van der Waals surface area contributed by atoms with Crippen molar-refractivity contribution < 1.29 is 33.4 Å². The van der Waals surface area contributed by atoms with E-state index in [-0.39, 0.29) is 19.6 Å². The molecule has 1 aliphatic rings. The molecule has 0 bridgehead atoms. The first-order chi connectivity index (χ1) is 22.9. The van der Waals surface area contributed by atoms with E-state index in [9.17, 15) is 19.2 Å². The summed E-state index contributed by atoms with van der Waals surface area (Å²) >= 11 is 0. The van der Waals surface area contributed by atoms with Crippen molar-refractivity contribution in [2.75, 3.05) is 39.4 Å². The number of esters is 3. The lowest BCUT2D eigenvalue weighted by molar-refractivity contribution is -0.189. The average molecular weight is 667 g/mol. The van der Waals surface area contributed by atoms with Crippen LogP contribution in [-0.2, 0) is 33.4 Å². The van der Waals surface area contributed by atoms with Crippen LogP contribution in [0, 0.1) is 0 Å². The van der Waals surface area contributed by atoms with E-state index in [4.69, 9.17) is 14.2 Å². The zero-order valence-corrected chi connectivity index (χ0v) is 30.5. The third-order valence-electron chi connectivity index (χ3n) is 8.96. The van der Waals surface area contributed by atoms with E-state index >= 15 is 0 Å². The monoisotopic (exact) mass is 667 g/mol. The van der Waals surface area contributed by atoms with Crippen molar-refractivity contribution >= 4 is 23.8 Å². The van der Waals surface area contributed by atoms with Gasteiger partial charge in [-0.2, -0.15) is 0 Å².